The van der Waals surface area contributed by atoms with Crippen molar-refractivity contribution in [2.24, 2.45) is 17.8 Å². The first-order valence-corrected chi connectivity index (χ1v) is 15.7. The molecular weight excluding hydrogens is 546 g/mol. The molecule has 0 radical (unpaired) electrons. The topological polar surface area (TPSA) is 99.6 Å². The number of anilines is 1. The normalized spacial score (nSPS) is 29.1. The van der Waals surface area contributed by atoms with Gasteiger partial charge in [0.15, 0.2) is 0 Å². The number of unbranched alkanes of at least 4 members (excludes halogenated alkanes) is 2. The van der Waals surface area contributed by atoms with Gasteiger partial charge in [-0.15, -0.1) is 13.2 Å². The molecule has 2 bridgehead atoms. The third kappa shape index (κ3) is 5.62. The molecule has 1 aromatic carbocycles. The van der Waals surface area contributed by atoms with E-state index < -0.39 is 29.1 Å². The third-order valence-electron chi connectivity index (χ3n) is 9.64. The van der Waals surface area contributed by atoms with Crippen molar-refractivity contribution < 1.29 is 29.0 Å². The lowest BCUT2D eigenvalue weighted by Gasteiger charge is -2.39. The Bertz CT molecular complexity index is 1200. The van der Waals surface area contributed by atoms with E-state index in [1.807, 2.05) is 52.0 Å². The van der Waals surface area contributed by atoms with E-state index in [2.05, 4.69) is 20.1 Å². The van der Waals surface area contributed by atoms with Crippen LogP contribution in [0.2, 0.25) is 0 Å². The van der Waals surface area contributed by atoms with Crippen LogP contribution in [0, 0.1) is 17.8 Å². The quantitative estimate of drug-likeness (QED) is 0.241. The minimum atomic E-state index is -1.12. The molecule has 3 unspecified atom stereocenters. The lowest BCUT2D eigenvalue weighted by atomic mass is 9.62. The number of hydrogen-bond donors (Lipinski definition) is 1. The molecule has 9 heteroatoms. The van der Waals surface area contributed by atoms with Gasteiger partial charge in [-0.25, -0.2) is 0 Å². The first kappa shape index (κ1) is 32.7. The maximum atomic E-state index is 14.7. The number of aliphatic hydroxyl groups excluding tert-OH is 1. The summed E-state index contributed by atoms with van der Waals surface area (Å²) in [6.45, 7) is 19.1. The van der Waals surface area contributed by atoms with Gasteiger partial charge >= 0.3 is 0 Å². The zero-order valence-electron chi connectivity index (χ0n) is 26.5. The van der Waals surface area contributed by atoms with Gasteiger partial charge in [0.1, 0.15) is 17.4 Å². The Kier molecular flexibility index (Phi) is 10.1. The van der Waals surface area contributed by atoms with Crippen molar-refractivity contribution in [3.8, 4) is 5.75 Å². The Balaban J connectivity index is 1.78. The Morgan fingerprint density at radius 1 is 1.14 bits per heavy atom. The van der Waals surface area contributed by atoms with E-state index in [1.165, 1.54) is 0 Å². The minimum absolute atomic E-state index is 0.0621. The molecule has 43 heavy (non-hydrogen) atoms. The molecule has 3 amide bonds. The number of aliphatic hydroxyl groups is 1. The van der Waals surface area contributed by atoms with Crippen LogP contribution in [0.4, 0.5) is 5.69 Å². The molecule has 3 fully saturated rings. The highest BCUT2D eigenvalue weighted by Crippen LogP contribution is 2.65. The van der Waals surface area contributed by atoms with Crippen molar-refractivity contribution in [3.05, 3.63) is 49.6 Å². The van der Waals surface area contributed by atoms with E-state index in [1.54, 1.807) is 26.9 Å². The van der Waals surface area contributed by atoms with Crippen molar-refractivity contribution in [2.75, 3.05) is 37.7 Å². The summed E-state index contributed by atoms with van der Waals surface area (Å²) in [6, 6.07) is 6.38. The molecule has 3 saturated heterocycles. The van der Waals surface area contributed by atoms with E-state index in [-0.39, 0.29) is 42.8 Å². The molecule has 1 N–H and O–H groups in total. The van der Waals surface area contributed by atoms with E-state index in [0.29, 0.717) is 50.4 Å². The van der Waals surface area contributed by atoms with Crippen molar-refractivity contribution in [1.29, 1.82) is 0 Å². The zero-order chi connectivity index (χ0) is 31.5. The van der Waals surface area contributed by atoms with Crippen LogP contribution in [0.5, 0.6) is 5.75 Å². The fraction of sp³-hybridized carbons (Fsp3) is 0.618. The van der Waals surface area contributed by atoms with Gasteiger partial charge in [0.05, 0.1) is 24.0 Å². The molecule has 4 rings (SSSR count). The summed E-state index contributed by atoms with van der Waals surface area (Å²) < 4.78 is 12.5. The third-order valence-corrected chi connectivity index (χ3v) is 9.64. The van der Waals surface area contributed by atoms with Crippen LogP contribution in [0.25, 0.3) is 0 Å². The predicted octanol–water partition coefficient (Wildman–Crippen LogP) is 4.20. The van der Waals surface area contributed by atoms with Gasteiger partial charge in [0.25, 0.3) is 0 Å². The van der Waals surface area contributed by atoms with E-state index in [0.717, 1.165) is 6.42 Å². The number of hydrogen-bond acceptors (Lipinski definition) is 6. The van der Waals surface area contributed by atoms with Crippen molar-refractivity contribution in [1.82, 2.24) is 9.80 Å². The Labute approximate surface area is 256 Å². The number of likely N-dealkylation sites (tertiary alicyclic amines) is 1. The average Bonchev–Trinajstić information content (AvgIpc) is 3.49. The van der Waals surface area contributed by atoms with Crippen molar-refractivity contribution in [3.63, 3.8) is 0 Å². The molecule has 0 aromatic heterocycles. The second-order valence-electron chi connectivity index (χ2n) is 12.6. The minimum Gasteiger partial charge on any atom is -0.494 e. The molecular formula is C34H49N3O6. The van der Waals surface area contributed by atoms with Crippen LogP contribution < -0.4 is 9.64 Å². The Morgan fingerprint density at radius 2 is 1.81 bits per heavy atom. The maximum absolute atomic E-state index is 14.7. The summed E-state index contributed by atoms with van der Waals surface area (Å²) in [6.07, 6.45) is 5.87. The van der Waals surface area contributed by atoms with Gasteiger partial charge in [-0.3, -0.25) is 14.4 Å². The van der Waals surface area contributed by atoms with Gasteiger partial charge in [0, 0.05) is 38.0 Å². The molecule has 3 aliphatic heterocycles. The summed E-state index contributed by atoms with van der Waals surface area (Å²) in [5.74, 6) is -1.51. The average molecular weight is 596 g/mol. The number of carbonyl (C=O) groups excluding carboxylic acids is 3. The number of amides is 3. The number of carbonyl (C=O) groups is 3. The fourth-order valence-corrected chi connectivity index (χ4v) is 7.57. The second kappa shape index (κ2) is 13.2. The van der Waals surface area contributed by atoms with E-state index in [4.69, 9.17) is 9.47 Å². The molecule has 0 saturated carbocycles. The first-order valence-electron chi connectivity index (χ1n) is 15.7. The lowest BCUT2D eigenvalue weighted by Crippen LogP contribution is -2.58. The summed E-state index contributed by atoms with van der Waals surface area (Å²) in [5.41, 5.74) is -1.37. The standard InChI is InChI=1S/C34H49N3O6/c1-8-18-35(23(4)5)32(41)29-34-22-24(6)33(7,43-34)27(28(34)31(40)37(29)20-12-11-13-21-38)30(39)36(19-9-2)25-14-16-26(17-15-25)42-10-3/h8-9,14-17,23-24,27-29,38H,1-2,10-13,18-22H2,3-7H3/t24?,27-,28+,29?,33+,34?/m1/s1. The first-order chi connectivity index (χ1) is 20.5. The number of benzene rings is 1. The summed E-state index contributed by atoms with van der Waals surface area (Å²) in [5, 5.41) is 9.32. The number of nitrogens with zero attached hydrogens (tertiary/aromatic N) is 3. The zero-order valence-corrected chi connectivity index (χ0v) is 26.5. The van der Waals surface area contributed by atoms with Crippen molar-refractivity contribution in [2.45, 2.75) is 83.6 Å². The molecule has 3 aliphatic rings. The van der Waals surface area contributed by atoms with Crippen LogP contribution in [0.1, 0.15) is 60.3 Å². The molecule has 236 valence electrons. The smallest absolute Gasteiger partial charge is 0.248 e. The molecule has 0 aliphatic carbocycles. The largest absolute Gasteiger partial charge is 0.494 e. The summed E-state index contributed by atoms with van der Waals surface area (Å²) in [7, 11) is 0. The van der Waals surface area contributed by atoms with Gasteiger partial charge in [-0.05, 0) is 83.6 Å². The van der Waals surface area contributed by atoms with Gasteiger partial charge in [-0.1, -0.05) is 19.1 Å². The highest BCUT2D eigenvalue weighted by atomic mass is 16.5. The highest BCUT2D eigenvalue weighted by Gasteiger charge is 2.80. The van der Waals surface area contributed by atoms with Crippen molar-refractivity contribution >= 4 is 23.4 Å². The molecule has 1 spiro atoms. The Hall–Kier alpha value is -3.17. The van der Waals surface area contributed by atoms with Crippen LogP contribution in [-0.4, -0.2) is 88.8 Å². The maximum Gasteiger partial charge on any atom is 0.248 e. The molecule has 1 aromatic rings. The molecule has 9 nitrogen and oxygen atoms in total. The summed E-state index contributed by atoms with van der Waals surface area (Å²) in [4.78, 5) is 48.7. The number of ether oxygens (including phenoxy) is 2. The van der Waals surface area contributed by atoms with Crippen LogP contribution in [-0.2, 0) is 19.1 Å². The SMILES string of the molecule is C=CCN(C(=O)[C@H]1[C@H]2C(=O)N(CCCCCO)C(C(=O)N(CC=C)C(C)C)C23CC(C)[C@]1(C)O3)c1ccc(OCC)cc1. The van der Waals surface area contributed by atoms with Crippen LogP contribution in [0.15, 0.2) is 49.6 Å². The summed E-state index contributed by atoms with van der Waals surface area (Å²) >= 11 is 0. The van der Waals surface area contributed by atoms with Gasteiger partial charge < -0.3 is 29.3 Å². The lowest BCUT2D eigenvalue weighted by molar-refractivity contribution is -0.153. The fourth-order valence-electron chi connectivity index (χ4n) is 7.57. The second-order valence-corrected chi connectivity index (χ2v) is 12.6. The predicted molar refractivity (Wildman–Crippen MR) is 167 cm³/mol. The molecule has 3 heterocycles. The highest BCUT2D eigenvalue weighted by molar-refractivity contribution is 6.03. The number of rotatable bonds is 15. The van der Waals surface area contributed by atoms with E-state index in [9.17, 15) is 19.5 Å². The molecule has 6 atom stereocenters. The number of fused-ring (bicyclic) bond motifs is 1. The monoisotopic (exact) mass is 595 g/mol. The van der Waals surface area contributed by atoms with Gasteiger partial charge in [-0.2, -0.15) is 0 Å². The van der Waals surface area contributed by atoms with Crippen LogP contribution in [0.3, 0.4) is 0 Å². The van der Waals surface area contributed by atoms with Crippen LogP contribution >= 0.6 is 0 Å². The van der Waals surface area contributed by atoms with Gasteiger partial charge in [0.2, 0.25) is 17.7 Å². The van der Waals surface area contributed by atoms with E-state index >= 15 is 0 Å². The Morgan fingerprint density at radius 3 is 2.40 bits per heavy atom.